The lowest BCUT2D eigenvalue weighted by Crippen LogP contribution is -2.33. The molecule has 2 aliphatic heterocycles. The Kier molecular flexibility index (Phi) is 12.1. The van der Waals surface area contributed by atoms with Crippen LogP contribution in [-0.2, 0) is 4.74 Å². The number of nitrogens with one attached hydrogen (secondary N) is 3. The van der Waals surface area contributed by atoms with Crippen LogP contribution in [0.25, 0.3) is 0 Å². The fraction of sp³-hybridized carbons (Fsp3) is 0.417. The van der Waals surface area contributed by atoms with Crippen molar-refractivity contribution in [2.75, 3.05) is 19.8 Å². The molecule has 0 aliphatic carbocycles. The van der Waals surface area contributed by atoms with Gasteiger partial charge in [0.15, 0.2) is 5.96 Å². The minimum absolute atomic E-state index is 0.0722. The van der Waals surface area contributed by atoms with E-state index in [1.807, 2.05) is 13.8 Å². The van der Waals surface area contributed by atoms with Crippen LogP contribution in [0.2, 0.25) is 5.02 Å². The zero-order valence-electron chi connectivity index (χ0n) is 19.9. The van der Waals surface area contributed by atoms with Gasteiger partial charge in [-0.2, -0.15) is 0 Å². The quantitative estimate of drug-likeness (QED) is 0.391. The minimum Gasteiger partial charge on any atom is -0.381 e. The predicted molar refractivity (Wildman–Crippen MR) is 139 cm³/mol. The van der Waals surface area contributed by atoms with Crippen molar-refractivity contribution >= 4 is 35.1 Å². The first-order valence-electron chi connectivity index (χ1n) is 11.6. The highest BCUT2D eigenvalue weighted by atomic mass is 35.5. The first-order valence-corrected chi connectivity index (χ1v) is 12.3. The van der Waals surface area contributed by atoms with Crippen LogP contribution in [0.15, 0.2) is 46.7 Å². The average molecular weight is 527 g/mol. The number of benzene rings is 1. The number of hydrogen-bond donors (Lipinski definition) is 5. The van der Waals surface area contributed by atoms with Gasteiger partial charge >= 0.3 is 0 Å². The van der Waals surface area contributed by atoms with Gasteiger partial charge in [0.2, 0.25) is 0 Å². The number of carbonyl (C=O) groups is 1. The Hall–Kier alpha value is -2.59. The van der Waals surface area contributed by atoms with E-state index < -0.39 is 23.8 Å². The number of aromatic amines is 1. The molecule has 2 unspecified atom stereocenters. The molecule has 2 aromatic rings. The first-order chi connectivity index (χ1) is 16.9. The summed E-state index contributed by atoms with van der Waals surface area (Å²) in [5.41, 5.74) is 12.8. The molecule has 8 nitrogen and oxygen atoms in total. The number of nitrogens with two attached hydrogens (primary N) is 2. The molecule has 0 radical (unpaired) electrons. The van der Waals surface area contributed by atoms with Crippen LogP contribution >= 0.6 is 23.2 Å². The summed E-state index contributed by atoms with van der Waals surface area (Å²) in [7, 11) is 0. The largest absolute Gasteiger partial charge is 0.381 e. The smallest absolute Gasteiger partial charge is 0.268 e. The maximum absolute atomic E-state index is 13.6. The number of hydrogen-bond acceptors (Lipinski definition) is 6. The Balaban J connectivity index is 0.000000463. The third-order valence-corrected chi connectivity index (χ3v) is 5.59. The van der Waals surface area contributed by atoms with Crippen molar-refractivity contribution in [1.82, 2.24) is 15.6 Å². The zero-order chi connectivity index (χ0) is 25.8. The number of nitrogens with zero attached hydrogens (tertiary/aromatic N) is 1. The van der Waals surface area contributed by atoms with E-state index in [-0.39, 0.29) is 23.2 Å². The number of amides is 1. The van der Waals surface area contributed by atoms with Gasteiger partial charge in [-0.3, -0.25) is 4.79 Å². The van der Waals surface area contributed by atoms with E-state index in [0.29, 0.717) is 16.2 Å². The predicted octanol–water partition coefficient (Wildman–Crippen LogP) is 4.49. The molecule has 11 heteroatoms. The lowest BCUT2D eigenvalue weighted by Gasteiger charge is -2.17. The third kappa shape index (κ3) is 8.85. The molecule has 1 fully saturated rings. The van der Waals surface area contributed by atoms with Crippen molar-refractivity contribution in [2.45, 2.75) is 45.2 Å². The molecule has 2 aliphatic rings. The summed E-state index contributed by atoms with van der Waals surface area (Å²) in [6, 6.07) is 4.53. The van der Waals surface area contributed by atoms with Gasteiger partial charge in [0.25, 0.3) is 5.91 Å². The highest BCUT2D eigenvalue weighted by Gasteiger charge is 2.22. The summed E-state index contributed by atoms with van der Waals surface area (Å²) < 4.78 is 18.6. The number of ether oxygens (including phenoxy) is 1. The molecule has 4 rings (SSSR count). The second-order valence-electron chi connectivity index (χ2n) is 7.57. The summed E-state index contributed by atoms with van der Waals surface area (Å²) >= 11 is 12.0. The van der Waals surface area contributed by atoms with Gasteiger partial charge in [-0.15, -0.1) is 0 Å². The van der Waals surface area contributed by atoms with Gasteiger partial charge in [-0.05, 0) is 49.1 Å². The first kappa shape index (κ1) is 28.6. The second kappa shape index (κ2) is 14.7. The van der Waals surface area contributed by atoms with Crippen LogP contribution in [0, 0.1) is 5.82 Å². The van der Waals surface area contributed by atoms with Gasteiger partial charge in [0.1, 0.15) is 17.6 Å². The highest BCUT2D eigenvalue weighted by molar-refractivity contribution is 6.31. The van der Waals surface area contributed by atoms with E-state index in [9.17, 15) is 9.18 Å². The number of halogens is 3. The fourth-order valence-corrected chi connectivity index (χ4v) is 3.83. The number of aliphatic imine (C=N–C) groups is 1. The van der Waals surface area contributed by atoms with E-state index in [1.54, 1.807) is 24.5 Å². The van der Waals surface area contributed by atoms with Gasteiger partial charge in [0, 0.05) is 42.7 Å². The number of H-pyrrole nitrogens is 1. The Morgan fingerprint density at radius 2 is 1.94 bits per heavy atom. The average Bonchev–Trinajstić information content (AvgIpc) is 3.36. The Morgan fingerprint density at radius 3 is 2.51 bits per heavy atom. The minimum atomic E-state index is -0.603. The van der Waals surface area contributed by atoms with Gasteiger partial charge in [-0.1, -0.05) is 37.0 Å². The van der Waals surface area contributed by atoms with Crippen LogP contribution in [0.1, 0.15) is 66.8 Å². The van der Waals surface area contributed by atoms with Crippen LogP contribution < -0.4 is 22.1 Å². The summed E-state index contributed by atoms with van der Waals surface area (Å²) in [5, 5.41) is 6.12. The van der Waals surface area contributed by atoms with Crippen molar-refractivity contribution in [2.24, 2.45) is 16.5 Å². The molecule has 7 N–H and O–H groups in total. The highest BCUT2D eigenvalue weighted by Crippen LogP contribution is 2.30. The molecule has 0 saturated carbocycles. The summed E-state index contributed by atoms with van der Waals surface area (Å²) in [6.07, 6.45) is 7.09. The molecule has 1 aromatic carbocycles. The lowest BCUT2D eigenvalue weighted by molar-refractivity contribution is 0.0933. The molecule has 192 valence electrons. The molecule has 35 heavy (non-hydrogen) atoms. The van der Waals surface area contributed by atoms with E-state index in [1.165, 1.54) is 31.4 Å². The topological polar surface area (TPSA) is 131 Å². The van der Waals surface area contributed by atoms with Gasteiger partial charge in [-0.25, -0.2) is 9.38 Å². The standard InChI is InChI=1S/C17H17Cl2FN6O.C5H10O.C2H6/c18-10-1-8(2-11(20)4-10)14(5-21)25-16(27)13-3-9(6-23-13)15-12(19)7-24-17(22)26-15;1-2-4-6-5-3-1;1-2/h1-4,6-7,14-15,23H,5,21H2,(H,25,27)(H3,22,24,26);1-5H2;1-2H3. The molecular formula is C24H33Cl2FN6O2. The maximum Gasteiger partial charge on any atom is 0.268 e. The Labute approximate surface area is 215 Å². The number of rotatable bonds is 5. The van der Waals surface area contributed by atoms with Gasteiger partial charge in [0.05, 0.1) is 11.1 Å². The van der Waals surface area contributed by atoms with Crippen molar-refractivity contribution in [3.05, 3.63) is 69.4 Å². The molecule has 2 atom stereocenters. The third-order valence-electron chi connectivity index (χ3n) is 5.06. The van der Waals surface area contributed by atoms with Crippen molar-refractivity contribution in [3.63, 3.8) is 0 Å². The zero-order valence-corrected chi connectivity index (χ0v) is 21.4. The Morgan fingerprint density at radius 1 is 1.23 bits per heavy atom. The molecular weight excluding hydrogens is 494 g/mol. The SMILES string of the molecule is C1CCOCC1.CC.NCC(NC(=O)c1cc(C2N=C(N)NC=C2Cl)c[nH]1)c1cc(F)cc(Cl)c1. The van der Waals surface area contributed by atoms with E-state index >= 15 is 0 Å². The number of carbonyl (C=O) groups excluding carboxylic acids is 1. The Bertz CT molecular complexity index is 991. The normalized spacial score (nSPS) is 17.8. The molecule has 1 aromatic heterocycles. The maximum atomic E-state index is 13.6. The molecule has 0 bridgehead atoms. The molecule has 0 spiro atoms. The fourth-order valence-electron chi connectivity index (χ4n) is 3.37. The van der Waals surface area contributed by atoms with E-state index in [4.69, 9.17) is 39.4 Å². The summed E-state index contributed by atoms with van der Waals surface area (Å²) in [6.45, 7) is 6.07. The lowest BCUT2D eigenvalue weighted by atomic mass is 10.1. The summed E-state index contributed by atoms with van der Waals surface area (Å²) in [4.78, 5) is 19.6. The van der Waals surface area contributed by atoms with Gasteiger partial charge < -0.3 is 31.8 Å². The number of aromatic nitrogens is 1. The van der Waals surface area contributed by atoms with Crippen LogP contribution in [0.4, 0.5) is 4.39 Å². The monoisotopic (exact) mass is 526 g/mol. The van der Waals surface area contributed by atoms with Crippen LogP contribution in [0.5, 0.6) is 0 Å². The molecule has 3 heterocycles. The second-order valence-corrected chi connectivity index (χ2v) is 8.45. The summed E-state index contributed by atoms with van der Waals surface area (Å²) in [5.74, 6) is -0.694. The van der Waals surface area contributed by atoms with Crippen LogP contribution in [-0.4, -0.2) is 36.6 Å². The number of guanidine groups is 1. The van der Waals surface area contributed by atoms with Crippen molar-refractivity contribution < 1.29 is 13.9 Å². The van der Waals surface area contributed by atoms with Crippen molar-refractivity contribution in [3.8, 4) is 0 Å². The van der Waals surface area contributed by atoms with E-state index in [0.717, 1.165) is 13.2 Å². The van der Waals surface area contributed by atoms with Crippen molar-refractivity contribution in [1.29, 1.82) is 0 Å². The van der Waals surface area contributed by atoms with Crippen LogP contribution in [0.3, 0.4) is 0 Å². The molecule has 1 amide bonds. The molecule has 1 saturated heterocycles. The van der Waals surface area contributed by atoms with E-state index in [2.05, 4.69) is 20.6 Å².